The van der Waals surface area contributed by atoms with Crippen LogP contribution in [0, 0.1) is 6.92 Å². The van der Waals surface area contributed by atoms with Gasteiger partial charge >= 0.3 is 0 Å². The first kappa shape index (κ1) is 9.91. The quantitative estimate of drug-likeness (QED) is 0.764. The SMILES string of the molecule is Cc1cccc2c(CN3CCCC3)coc12. The van der Waals surface area contributed by atoms with Crippen LogP contribution in [0.2, 0.25) is 0 Å². The van der Waals surface area contributed by atoms with Gasteiger partial charge in [-0.1, -0.05) is 18.2 Å². The van der Waals surface area contributed by atoms with Crippen LogP contribution in [0.3, 0.4) is 0 Å². The Balaban J connectivity index is 1.94. The first-order chi connectivity index (χ1) is 7.84. The molecular weight excluding hydrogens is 198 g/mol. The number of nitrogens with zero attached hydrogens (tertiary/aromatic N) is 1. The lowest BCUT2D eigenvalue weighted by Gasteiger charge is -2.12. The zero-order chi connectivity index (χ0) is 11.0. The van der Waals surface area contributed by atoms with Gasteiger partial charge in [0.25, 0.3) is 0 Å². The number of fused-ring (bicyclic) bond motifs is 1. The van der Waals surface area contributed by atoms with Crippen LogP contribution in [0.4, 0.5) is 0 Å². The second-order valence-corrected chi connectivity index (χ2v) is 4.70. The monoisotopic (exact) mass is 215 g/mol. The lowest BCUT2D eigenvalue weighted by atomic mass is 10.1. The van der Waals surface area contributed by atoms with Crippen molar-refractivity contribution in [3.63, 3.8) is 0 Å². The first-order valence-electron chi connectivity index (χ1n) is 6.02. The van der Waals surface area contributed by atoms with E-state index in [0.717, 1.165) is 12.1 Å². The van der Waals surface area contributed by atoms with Gasteiger partial charge in [-0.05, 0) is 38.4 Å². The molecule has 1 aliphatic heterocycles. The minimum atomic E-state index is 1.04. The highest BCUT2D eigenvalue weighted by Gasteiger charge is 2.15. The van der Waals surface area contributed by atoms with Crippen LogP contribution in [0.25, 0.3) is 11.0 Å². The average Bonchev–Trinajstić information content (AvgIpc) is 2.90. The van der Waals surface area contributed by atoms with Gasteiger partial charge in [-0.3, -0.25) is 4.90 Å². The molecule has 0 aliphatic carbocycles. The molecule has 1 aliphatic rings. The van der Waals surface area contributed by atoms with Gasteiger partial charge in [0.05, 0.1) is 6.26 Å². The summed E-state index contributed by atoms with van der Waals surface area (Å²) in [7, 11) is 0. The Kier molecular flexibility index (Phi) is 2.44. The van der Waals surface area contributed by atoms with Crippen LogP contribution in [0.5, 0.6) is 0 Å². The maximum absolute atomic E-state index is 5.66. The number of para-hydroxylation sites is 1. The molecule has 1 saturated heterocycles. The predicted molar refractivity (Wildman–Crippen MR) is 65.5 cm³/mol. The Labute approximate surface area is 95.9 Å². The lowest BCUT2D eigenvalue weighted by Crippen LogP contribution is -2.17. The second kappa shape index (κ2) is 3.95. The largest absolute Gasteiger partial charge is 0.464 e. The third kappa shape index (κ3) is 1.63. The fourth-order valence-corrected chi connectivity index (χ4v) is 2.56. The molecular formula is C14H17NO. The Morgan fingerprint density at radius 1 is 1.25 bits per heavy atom. The minimum absolute atomic E-state index is 1.04. The van der Waals surface area contributed by atoms with Gasteiger partial charge in [0.15, 0.2) is 0 Å². The van der Waals surface area contributed by atoms with E-state index >= 15 is 0 Å². The van der Waals surface area contributed by atoms with E-state index in [-0.39, 0.29) is 0 Å². The van der Waals surface area contributed by atoms with E-state index in [1.165, 1.54) is 42.4 Å². The van der Waals surface area contributed by atoms with E-state index in [4.69, 9.17) is 4.42 Å². The summed E-state index contributed by atoms with van der Waals surface area (Å²) in [6.45, 7) is 5.61. The number of rotatable bonds is 2. The zero-order valence-corrected chi connectivity index (χ0v) is 9.70. The fourth-order valence-electron chi connectivity index (χ4n) is 2.56. The molecule has 2 aromatic rings. The molecule has 2 nitrogen and oxygen atoms in total. The summed E-state index contributed by atoms with van der Waals surface area (Å²) < 4.78 is 5.66. The van der Waals surface area contributed by atoms with E-state index in [1.807, 2.05) is 6.26 Å². The summed E-state index contributed by atoms with van der Waals surface area (Å²) in [5, 5.41) is 1.28. The molecule has 3 rings (SSSR count). The fraction of sp³-hybridized carbons (Fsp3) is 0.429. The molecule has 0 bridgehead atoms. The molecule has 0 spiro atoms. The van der Waals surface area contributed by atoms with Crippen molar-refractivity contribution in [2.75, 3.05) is 13.1 Å². The average molecular weight is 215 g/mol. The van der Waals surface area contributed by atoms with E-state index in [0.29, 0.717) is 0 Å². The Morgan fingerprint density at radius 3 is 2.88 bits per heavy atom. The van der Waals surface area contributed by atoms with Gasteiger partial charge in [-0.2, -0.15) is 0 Å². The standard InChI is InChI=1S/C14H17NO/c1-11-5-4-6-13-12(10-16-14(11)13)9-15-7-2-3-8-15/h4-6,10H,2-3,7-9H2,1H3. The Morgan fingerprint density at radius 2 is 2.06 bits per heavy atom. The van der Waals surface area contributed by atoms with Gasteiger partial charge in [-0.25, -0.2) is 0 Å². The number of likely N-dealkylation sites (tertiary alicyclic amines) is 1. The lowest BCUT2D eigenvalue weighted by molar-refractivity contribution is 0.331. The van der Waals surface area contributed by atoms with Crippen LogP contribution in [0.15, 0.2) is 28.9 Å². The summed E-state index contributed by atoms with van der Waals surface area (Å²) in [4.78, 5) is 2.51. The van der Waals surface area contributed by atoms with Crippen molar-refractivity contribution in [1.29, 1.82) is 0 Å². The van der Waals surface area contributed by atoms with Crippen molar-refractivity contribution < 1.29 is 4.42 Å². The molecule has 0 N–H and O–H groups in total. The molecule has 0 radical (unpaired) electrons. The number of aryl methyl sites for hydroxylation is 1. The van der Waals surface area contributed by atoms with Crippen molar-refractivity contribution in [1.82, 2.24) is 4.90 Å². The zero-order valence-electron chi connectivity index (χ0n) is 9.70. The Hall–Kier alpha value is -1.28. The van der Waals surface area contributed by atoms with Crippen LogP contribution in [-0.2, 0) is 6.54 Å². The summed E-state index contributed by atoms with van der Waals surface area (Å²) in [6, 6.07) is 6.38. The van der Waals surface area contributed by atoms with Crippen LogP contribution < -0.4 is 0 Å². The van der Waals surface area contributed by atoms with E-state index in [9.17, 15) is 0 Å². The van der Waals surface area contributed by atoms with Gasteiger partial charge in [0, 0.05) is 17.5 Å². The van der Waals surface area contributed by atoms with Crippen molar-refractivity contribution in [2.24, 2.45) is 0 Å². The molecule has 1 aromatic carbocycles. The number of benzene rings is 1. The van der Waals surface area contributed by atoms with Gasteiger partial charge in [0.2, 0.25) is 0 Å². The highest BCUT2D eigenvalue weighted by atomic mass is 16.3. The highest BCUT2D eigenvalue weighted by molar-refractivity contribution is 5.83. The summed E-state index contributed by atoms with van der Waals surface area (Å²) in [5.74, 6) is 0. The summed E-state index contributed by atoms with van der Waals surface area (Å²) in [6.07, 6.45) is 4.61. The van der Waals surface area contributed by atoms with Gasteiger partial charge in [-0.15, -0.1) is 0 Å². The maximum atomic E-state index is 5.66. The van der Waals surface area contributed by atoms with Crippen molar-refractivity contribution >= 4 is 11.0 Å². The van der Waals surface area contributed by atoms with Gasteiger partial charge < -0.3 is 4.42 Å². The highest BCUT2D eigenvalue weighted by Crippen LogP contribution is 2.25. The van der Waals surface area contributed by atoms with Crippen LogP contribution in [0.1, 0.15) is 24.0 Å². The molecule has 1 aromatic heterocycles. The number of hydrogen-bond acceptors (Lipinski definition) is 2. The number of hydrogen-bond donors (Lipinski definition) is 0. The molecule has 0 unspecified atom stereocenters. The molecule has 2 heteroatoms. The summed E-state index contributed by atoms with van der Waals surface area (Å²) >= 11 is 0. The second-order valence-electron chi connectivity index (χ2n) is 4.70. The van der Waals surface area contributed by atoms with Gasteiger partial charge in [0.1, 0.15) is 5.58 Å². The topological polar surface area (TPSA) is 16.4 Å². The third-order valence-electron chi connectivity index (χ3n) is 3.47. The third-order valence-corrected chi connectivity index (χ3v) is 3.47. The predicted octanol–water partition coefficient (Wildman–Crippen LogP) is 3.34. The van der Waals surface area contributed by atoms with E-state index in [1.54, 1.807) is 0 Å². The molecule has 0 saturated carbocycles. The maximum Gasteiger partial charge on any atom is 0.137 e. The normalized spacial score (nSPS) is 17.3. The molecule has 2 heterocycles. The minimum Gasteiger partial charge on any atom is -0.464 e. The summed E-state index contributed by atoms with van der Waals surface area (Å²) in [5.41, 5.74) is 3.61. The Bertz CT molecular complexity index is 494. The van der Waals surface area contributed by atoms with Crippen molar-refractivity contribution in [2.45, 2.75) is 26.3 Å². The van der Waals surface area contributed by atoms with E-state index < -0.39 is 0 Å². The number of furan rings is 1. The first-order valence-corrected chi connectivity index (χ1v) is 6.02. The van der Waals surface area contributed by atoms with Crippen LogP contribution in [-0.4, -0.2) is 18.0 Å². The molecule has 84 valence electrons. The molecule has 0 amide bonds. The van der Waals surface area contributed by atoms with Crippen LogP contribution >= 0.6 is 0 Å². The smallest absolute Gasteiger partial charge is 0.137 e. The molecule has 0 atom stereocenters. The van der Waals surface area contributed by atoms with Crippen molar-refractivity contribution in [3.05, 3.63) is 35.6 Å². The molecule has 16 heavy (non-hydrogen) atoms. The van der Waals surface area contributed by atoms with Crippen molar-refractivity contribution in [3.8, 4) is 0 Å². The molecule has 1 fully saturated rings. The van der Waals surface area contributed by atoms with E-state index in [2.05, 4.69) is 30.0 Å².